The molecule has 8 heteroatoms. The van der Waals surface area contributed by atoms with Gasteiger partial charge >= 0.3 is 6.03 Å². The van der Waals surface area contributed by atoms with Gasteiger partial charge in [-0.1, -0.05) is 29.8 Å². The van der Waals surface area contributed by atoms with Crippen LogP contribution in [0.1, 0.15) is 11.1 Å². The first-order valence-electron chi connectivity index (χ1n) is 7.94. The number of urea groups is 1. The summed E-state index contributed by atoms with van der Waals surface area (Å²) in [5.74, 6) is 0.760. The van der Waals surface area contributed by atoms with Gasteiger partial charge in [0.25, 0.3) is 0 Å². The summed E-state index contributed by atoms with van der Waals surface area (Å²) in [5, 5.41) is 12.8. The standard InChI is InChI=1S/C18H18ClN5OS/c19-17-4-2-1-3-14(17)12-26-24-16-7-5-15(6-8-16)23-18(25)20-9-13-10-21-22-11-13/h1-8,10-11,24H,9,12H2,(H,21,22)(H2,20,23,25). The van der Waals surface area contributed by atoms with E-state index in [9.17, 15) is 4.79 Å². The number of carbonyl (C=O) groups excluding carboxylic acids is 1. The lowest BCUT2D eigenvalue weighted by molar-refractivity contribution is 0.251. The van der Waals surface area contributed by atoms with Crippen molar-refractivity contribution in [3.63, 3.8) is 0 Å². The summed E-state index contributed by atoms with van der Waals surface area (Å²) in [6, 6.07) is 15.0. The third-order valence-corrected chi connectivity index (χ3v) is 4.73. The Morgan fingerprint density at radius 1 is 1.12 bits per heavy atom. The molecule has 0 aliphatic carbocycles. The van der Waals surface area contributed by atoms with Crippen molar-refractivity contribution in [2.24, 2.45) is 0 Å². The molecule has 0 saturated carbocycles. The number of nitrogens with zero attached hydrogens (tertiary/aromatic N) is 1. The molecule has 0 aliphatic heterocycles. The molecule has 26 heavy (non-hydrogen) atoms. The SMILES string of the molecule is O=C(NCc1cn[nH]c1)Nc1ccc(NSCc2ccccc2Cl)cc1. The van der Waals surface area contributed by atoms with Crippen molar-refractivity contribution >= 4 is 41.0 Å². The molecule has 1 heterocycles. The minimum atomic E-state index is -0.264. The maximum atomic E-state index is 11.9. The molecule has 3 rings (SSSR count). The second-order valence-corrected chi connectivity index (χ2v) is 6.66. The number of H-pyrrole nitrogens is 1. The fourth-order valence-electron chi connectivity index (χ4n) is 2.17. The van der Waals surface area contributed by atoms with Crippen molar-refractivity contribution in [3.8, 4) is 0 Å². The lowest BCUT2D eigenvalue weighted by Crippen LogP contribution is -2.27. The number of nitrogens with one attached hydrogen (secondary N) is 4. The Bertz CT molecular complexity index is 839. The highest BCUT2D eigenvalue weighted by molar-refractivity contribution is 7.99. The first-order chi connectivity index (χ1) is 12.7. The molecule has 0 fully saturated rings. The molecule has 0 bridgehead atoms. The predicted molar refractivity (Wildman–Crippen MR) is 107 cm³/mol. The highest BCUT2D eigenvalue weighted by atomic mass is 35.5. The molecule has 0 aliphatic rings. The maximum absolute atomic E-state index is 11.9. The summed E-state index contributed by atoms with van der Waals surface area (Å²) in [6.45, 7) is 0.417. The Balaban J connectivity index is 1.43. The number of benzene rings is 2. The van der Waals surface area contributed by atoms with Crippen LogP contribution < -0.4 is 15.4 Å². The Kier molecular flexibility index (Phi) is 6.40. The van der Waals surface area contributed by atoms with Crippen LogP contribution >= 0.6 is 23.5 Å². The first kappa shape index (κ1) is 18.2. The largest absolute Gasteiger partial charge is 0.334 e. The van der Waals surface area contributed by atoms with E-state index in [4.69, 9.17) is 11.6 Å². The topological polar surface area (TPSA) is 81.8 Å². The fraction of sp³-hybridized carbons (Fsp3) is 0.111. The van der Waals surface area contributed by atoms with Crippen LogP contribution in [0.3, 0.4) is 0 Å². The third-order valence-electron chi connectivity index (χ3n) is 3.53. The van der Waals surface area contributed by atoms with Gasteiger partial charge in [-0.15, -0.1) is 0 Å². The average Bonchev–Trinajstić information content (AvgIpc) is 3.17. The van der Waals surface area contributed by atoms with Crippen LogP contribution in [0.4, 0.5) is 16.2 Å². The molecule has 2 aromatic carbocycles. The molecule has 0 saturated heterocycles. The number of hydrogen-bond donors (Lipinski definition) is 4. The second-order valence-electron chi connectivity index (χ2n) is 5.47. The molecular weight excluding hydrogens is 370 g/mol. The third kappa shape index (κ3) is 5.44. The van der Waals surface area contributed by atoms with Gasteiger partial charge in [0.2, 0.25) is 0 Å². The number of hydrogen-bond acceptors (Lipinski definition) is 4. The number of halogens is 1. The van der Waals surface area contributed by atoms with E-state index in [1.807, 2.05) is 48.5 Å². The number of aromatic nitrogens is 2. The van der Waals surface area contributed by atoms with Crippen molar-refractivity contribution in [1.29, 1.82) is 0 Å². The van der Waals surface area contributed by atoms with Crippen molar-refractivity contribution < 1.29 is 4.79 Å². The van der Waals surface area contributed by atoms with Crippen molar-refractivity contribution in [1.82, 2.24) is 15.5 Å². The van der Waals surface area contributed by atoms with Gasteiger partial charge in [-0.3, -0.25) is 5.10 Å². The van der Waals surface area contributed by atoms with E-state index in [0.717, 1.165) is 33.3 Å². The van der Waals surface area contributed by atoms with Gasteiger partial charge in [0.05, 0.1) is 6.20 Å². The van der Waals surface area contributed by atoms with Gasteiger partial charge in [0.1, 0.15) is 0 Å². The van der Waals surface area contributed by atoms with E-state index in [-0.39, 0.29) is 6.03 Å². The molecule has 4 N–H and O–H groups in total. The summed E-state index contributed by atoms with van der Waals surface area (Å²) >= 11 is 7.70. The van der Waals surface area contributed by atoms with Gasteiger partial charge < -0.3 is 15.4 Å². The Hall–Kier alpha value is -2.64. The fourth-order valence-corrected chi connectivity index (χ4v) is 3.23. The number of carbonyl (C=O) groups is 1. The van der Waals surface area contributed by atoms with Gasteiger partial charge in [0.15, 0.2) is 0 Å². The average molecular weight is 388 g/mol. The molecule has 0 atom stereocenters. The normalized spacial score (nSPS) is 10.3. The summed E-state index contributed by atoms with van der Waals surface area (Å²) < 4.78 is 3.26. The van der Waals surface area contributed by atoms with Gasteiger partial charge in [0, 0.05) is 40.5 Å². The lowest BCUT2D eigenvalue weighted by atomic mass is 10.2. The van der Waals surface area contributed by atoms with E-state index in [0.29, 0.717) is 6.54 Å². The van der Waals surface area contributed by atoms with Crippen LogP contribution in [-0.4, -0.2) is 16.2 Å². The van der Waals surface area contributed by atoms with Crippen molar-refractivity contribution in [2.75, 3.05) is 10.0 Å². The van der Waals surface area contributed by atoms with Crippen LogP contribution in [0, 0.1) is 0 Å². The number of amides is 2. The lowest BCUT2D eigenvalue weighted by Gasteiger charge is -2.09. The molecule has 0 radical (unpaired) electrons. The van der Waals surface area contributed by atoms with Gasteiger partial charge in [-0.2, -0.15) is 5.10 Å². The summed E-state index contributed by atoms with van der Waals surface area (Å²) in [7, 11) is 0. The molecule has 2 amide bonds. The molecule has 6 nitrogen and oxygen atoms in total. The number of anilines is 2. The Morgan fingerprint density at radius 2 is 1.88 bits per heavy atom. The van der Waals surface area contributed by atoms with Gasteiger partial charge in [-0.25, -0.2) is 4.79 Å². The molecule has 3 aromatic rings. The first-order valence-corrected chi connectivity index (χ1v) is 9.31. The summed E-state index contributed by atoms with van der Waals surface area (Å²) in [5.41, 5.74) is 3.66. The Morgan fingerprint density at radius 3 is 2.62 bits per heavy atom. The zero-order valence-electron chi connectivity index (χ0n) is 13.8. The number of rotatable bonds is 7. The van der Waals surface area contributed by atoms with E-state index >= 15 is 0 Å². The number of aromatic amines is 1. The highest BCUT2D eigenvalue weighted by Gasteiger charge is 2.03. The Labute approximate surface area is 160 Å². The summed E-state index contributed by atoms with van der Waals surface area (Å²) in [4.78, 5) is 11.9. The zero-order valence-corrected chi connectivity index (χ0v) is 15.4. The van der Waals surface area contributed by atoms with Crippen LogP contribution in [0.15, 0.2) is 60.9 Å². The minimum Gasteiger partial charge on any atom is -0.334 e. The molecule has 0 spiro atoms. The van der Waals surface area contributed by atoms with E-state index < -0.39 is 0 Å². The second kappa shape index (κ2) is 9.17. The molecule has 134 valence electrons. The van der Waals surface area contributed by atoms with Crippen LogP contribution in [0.2, 0.25) is 5.02 Å². The van der Waals surface area contributed by atoms with Crippen LogP contribution in [-0.2, 0) is 12.3 Å². The van der Waals surface area contributed by atoms with E-state index in [1.54, 1.807) is 24.3 Å². The highest BCUT2D eigenvalue weighted by Crippen LogP contribution is 2.23. The molecule has 1 aromatic heterocycles. The monoisotopic (exact) mass is 387 g/mol. The molecular formula is C18H18ClN5OS. The van der Waals surface area contributed by atoms with Crippen LogP contribution in [0.5, 0.6) is 0 Å². The quantitative estimate of drug-likeness (QED) is 0.445. The summed E-state index contributed by atoms with van der Waals surface area (Å²) in [6.07, 6.45) is 3.40. The van der Waals surface area contributed by atoms with E-state index in [2.05, 4.69) is 25.6 Å². The van der Waals surface area contributed by atoms with Crippen LogP contribution in [0.25, 0.3) is 0 Å². The molecule has 0 unspecified atom stereocenters. The minimum absolute atomic E-state index is 0.264. The van der Waals surface area contributed by atoms with Crippen molar-refractivity contribution in [2.45, 2.75) is 12.3 Å². The smallest absolute Gasteiger partial charge is 0.319 e. The predicted octanol–water partition coefficient (Wildman–Crippen LogP) is 4.65. The van der Waals surface area contributed by atoms with Gasteiger partial charge in [-0.05, 0) is 47.8 Å². The maximum Gasteiger partial charge on any atom is 0.319 e. The van der Waals surface area contributed by atoms with Crippen molar-refractivity contribution in [3.05, 3.63) is 77.1 Å². The van der Waals surface area contributed by atoms with E-state index in [1.165, 1.54) is 0 Å². The zero-order chi connectivity index (χ0) is 18.2.